The Kier molecular flexibility index (Phi) is 4.67. The zero-order valence-electron chi connectivity index (χ0n) is 12.5. The molecule has 0 spiro atoms. The lowest BCUT2D eigenvalue weighted by molar-refractivity contribution is -0.154. The van der Waals surface area contributed by atoms with Gasteiger partial charge in [-0.15, -0.1) is 11.8 Å². The van der Waals surface area contributed by atoms with E-state index in [0.29, 0.717) is 11.3 Å². The molecule has 1 aromatic rings. The minimum atomic E-state index is -1.23. The Balaban J connectivity index is 1.71. The highest BCUT2D eigenvalue weighted by Crippen LogP contribution is 2.46. The smallest absolute Gasteiger partial charge is 0.353 e. The summed E-state index contributed by atoms with van der Waals surface area (Å²) in [7, 11) is 0. The van der Waals surface area contributed by atoms with Gasteiger partial charge >= 0.3 is 5.97 Å². The van der Waals surface area contributed by atoms with Gasteiger partial charge in [0.25, 0.3) is 0 Å². The molecule has 6 nitrogen and oxygen atoms in total. The SMILES string of the molecule is N[C@@H](C(=O)C[C@@H]1C(=O)N2C(C(=O)O)=C(Cl)CSC12)c1ccccc1. The summed E-state index contributed by atoms with van der Waals surface area (Å²) in [4.78, 5) is 37.2. The molecule has 8 heteroatoms. The highest BCUT2D eigenvalue weighted by atomic mass is 35.5. The van der Waals surface area contributed by atoms with Crippen LogP contribution >= 0.6 is 23.4 Å². The van der Waals surface area contributed by atoms with Crippen LogP contribution in [0.4, 0.5) is 0 Å². The number of halogens is 1. The van der Waals surface area contributed by atoms with E-state index in [-0.39, 0.29) is 28.3 Å². The molecule has 1 aromatic carbocycles. The average molecular weight is 367 g/mol. The van der Waals surface area contributed by atoms with Gasteiger partial charge in [-0.1, -0.05) is 41.9 Å². The van der Waals surface area contributed by atoms with Crippen LogP contribution in [-0.4, -0.2) is 38.8 Å². The van der Waals surface area contributed by atoms with Crippen LogP contribution in [0.2, 0.25) is 0 Å². The van der Waals surface area contributed by atoms with Crippen molar-refractivity contribution in [2.24, 2.45) is 11.7 Å². The molecule has 3 rings (SSSR count). The molecule has 0 bridgehead atoms. The first-order valence-corrected chi connectivity index (χ1v) is 8.74. The molecular weight excluding hydrogens is 352 g/mol. The van der Waals surface area contributed by atoms with Gasteiger partial charge in [0.1, 0.15) is 5.70 Å². The van der Waals surface area contributed by atoms with Crippen LogP contribution in [0, 0.1) is 5.92 Å². The third-order valence-corrected chi connectivity index (χ3v) is 5.97. The van der Waals surface area contributed by atoms with Crippen LogP contribution in [0.5, 0.6) is 0 Å². The molecule has 0 aliphatic carbocycles. The summed E-state index contributed by atoms with van der Waals surface area (Å²) in [5, 5.41) is 8.99. The van der Waals surface area contributed by atoms with Crippen molar-refractivity contribution in [3.8, 4) is 0 Å². The maximum atomic E-state index is 12.4. The Morgan fingerprint density at radius 1 is 1.38 bits per heavy atom. The number of fused-ring (bicyclic) bond motifs is 1. The molecule has 0 radical (unpaired) electrons. The number of carboxylic acids is 1. The first-order chi connectivity index (χ1) is 11.4. The van der Waals surface area contributed by atoms with E-state index in [4.69, 9.17) is 17.3 Å². The Bertz CT molecular complexity index is 737. The number of aliphatic carboxylic acids is 1. The fourth-order valence-electron chi connectivity index (χ4n) is 2.91. The van der Waals surface area contributed by atoms with Gasteiger partial charge in [0, 0.05) is 12.2 Å². The topological polar surface area (TPSA) is 101 Å². The number of benzene rings is 1. The van der Waals surface area contributed by atoms with Crippen LogP contribution in [0.1, 0.15) is 18.0 Å². The lowest BCUT2D eigenvalue weighted by atomic mass is 9.88. The van der Waals surface area contributed by atoms with E-state index in [1.54, 1.807) is 24.3 Å². The molecule has 126 valence electrons. The lowest BCUT2D eigenvalue weighted by Gasteiger charge is -2.49. The first kappa shape index (κ1) is 17.0. The maximum absolute atomic E-state index is 12.4. The normalized spacial score (nSPS) is 24.2. The van der Waals surface area contributed by atoms with E-state index in [0.717, 1.165) is 0 Å². The van der Waals surface area contributed by atoms with Gasteiger partial charge in [-0.05, 0) is 5.56 Å². The number of β-lactam (4-membered cyclic amide) rings is 1. The third kappa shape index (κ3) is 2.83. The van der Waals surface area contributed by atoms with E-state index in [9.17, 15) is 19.5 Å². The van der Waals surface area contributed by atoms with E-state index in [1.165, 1.54) is 16.7 Å². The van der Waals surface area contributed by atoms with Crippen molar-refractivity contribution in [2.75, 3.05) is 5.75 Å². The zero-order valence-corrected chi connectivity index (χ0v) is 14.1. The van der Waals surface area contributed by atoms with Crippen molar-refractivity contribution in [3.05, 3.63) is 46.6 Å². The van der Waals surface area contributed by atoms with Gasteiger partial charge in [-0.3, -0.25) is 14.5 Å². The monoisotopic (exact) mass is 366 g/mol. The second kappa shape index (κ2) is 6.58. The van der Waals surface area contributed by atoms with Gasteiger partial charge in [-0.25, -0.2) is 4.79 Å². The fraction of sp³-hybridized carbons (Fsp3) is 0.312. The fourth-order valence-corrected chi connectivity index (χ4v) is 4.52. The molecule has 2 aliphatic rings. The molecule has 3 N–H and O–H groups in total. The number of hydrogen-bond donors (Lipinski definition) is 2. The highest BCUT2D eigenvalue weighted by Gasteiger charge is 2.54. The van der Waals surface area contributed by atoms with Gasteiger partial charge in [0.2, 0.25) is 5.91 Å². The van der Waals surface area contributed by atoms with Crippen LogP contribution < -0.4 is 5.73 Å². The average Bonchev–Trinajstić information content (AvgIpc) is 2.59. The minimum absolute atomic E-state index is 0.00637. The van der Waals surface area contributed by atoms with Crippen molar-refractivity contribution in [2.45, 2.75) is 17.8 Å². The number of carboxylic acid groups (broad SMARTS) is 1. The Hall–Kier alpha value is -1.83. The molecule has 0 saturated carbocycles. The predicted molar refractivity (Wildman–Crippen MR) is 90.1 cm³/mol. The molecule has 1 amide bonds. The van der Waals surface area contributed by atoms with E-state index < -0.39 is 23.8 Å². The van der Waals surface area contributed by atoms with Crippen molar-refractivity contribution < 1.29 is 19.5 Å². The van der Waals surface area contributed by atoms with Crippen molar-refractivity contribution >= 4 is 41.0 Å². The molecule has 24 heavy (non-hydrogen) atoms. The standard InChI is InChI=1S/C16H15ClN2O4S/c17-10-7-24-15-9(14(21)19(15)13(10)16(22)23)6-11(20)12(18)8-4-2-1-3-5-8/h1-5,9,12,15H,6-7,18H2,(H,22,23)/t9-,12-,15?/m1/s1. The zero-order chi connectivity index (χ0) is 17.4. The summed E-state index contributed by atoms with van der Waals surface area (Å²) in [5.41, 5.74) is 6.48. The number of hydrogen-bond acceptors (Lipinski definition) is 5. The van der Waals surface area contributed by atoms with Gasteiger partial charge in [0.05, 0.1) is 22.4 Å². The summed E-state index contributed by atoms with van der Waals surface area (Å²) < 4.78 is 0. The van der Waals surface area contributed by atoms with Gasteiger partial charge < -0.3 is 10.8 Å². The van der Waals surface area contributed by atoms with E-state index in [2.05, 4.69) is 0 Å². The Labute approximate surface area is 147 Å². The molecular formula is C16H15ClN2O4S. The van der Waals surface area contributed by atoms with Crippen molar-refractivity contribution in [1.82, 2.24) is 4.90 Å². The number of Topliss-reactive ketones (excluding diaryl/α,β-unsaturated/α-hetero) is 1. The number of carbonyl (C=O) groups is 3. The molecule has 1 fully saturated rings. The minimum Gasteiger partial charge on any atom is -0.477 e. The summed E-state index contributed by atoms with van der Waals surface area (Å²) in [6.45, 7) is 0. The number of carbonyl (C=O) groups excluding carboxylic acids is 2. The lowest BCUT2D eigenvalue weighted by Crippen LogP contribution is -2.61. The largest absolute Gasteiger partial charge is 0.477 e. The number of ketones is 1. The van der Waals surface area contributed by atoms with Gasteiger partial charge in [-0.2, -0.15) is 0 Å². The quantitative estimate of drug-likeness (QED) is 0.769. The number of thioether (sulfide) groups is 1. The summed E-state index contributed by atoms with van der Waals surface area (Å²) in [6, 6.07) is 8.15. The molecule has 2 heterocycles. The molecule has 0 aromatic heterocycles. The second-order valence-corrected chi connectivity index (χ2v) is 7.19. The predicted octanol–water partition coefficient (Wildman–Crippen LogP) is 1.71. The number of amides is 1. The van der Waals surface area contributed by atoms with Crippen LogP contribution in [0.3, 0.4) is 0 Å². The summed E-state index contributed by atoms with van der Waals surface area (Å²) >= 11 is 7.28. The summed E-state index contributed by atoms with van der Waals surface area (Å²) in [6.07, 6.45) is -0.00637. The molecule has 2 aliphatic heterocycles. The number of rotatable bonds is 5. The van der Waals surface area contributed by atoms with Gasteiger partial charge in [0.15, 0.2) is 5.78 Å². The van der Waals surface area contributed by atoms with E-state index >= 15 is 0 Å². The number of nitrogens with zero attached hydrogens (tertiary/aromatic N) is 1. The van der Waals surface area contributed by atoms with Crippen LogP contribution in [0.25, 0.3) is 0 Å². The van der Waals surface area contributed by atoms with Crippen LogP contribution in [0.15, 0.2) is 41.1 Å². The second-order valence-electron chi connectivity index (χ2n) is 5.63. The summed E-state index contributed by atoms with van der Waals surface area (Å²) in [5.74, 6) is -2.11. The van der Waals surface area contributed by atoms with Crippen molar-refractivity contribution in [3.63, 3.8) is 0 Å². The molecule has 1 unspecified atom stereocenters. The van der Waals surface area contributed by atoms with Crippen molar-refractivity contribution in [1.29, 1.82) is 0 Å². The number of nitrogens with two attached hydrogens (primary N) is 1. The van der Waals surface area contributed by atoms with Crippen LogP contribution in [-0.2, 0) is 14.4 Å². The molecule has 3 atom stereocenters. The Morgan fingerprint density at radius 2 is 2.04 bits per heavy atom. The third-order valence-electron chi connectivity index (χ3n) is 4.16. The van der Waals surface area contributed by atoms with E-state index in [1.807, 2.05) is 6.07 Å². The Morgan fingerprint density at radius 3 is 2.67 bits per heavy atom. The maximum Gasteiger partial charge on any atom is 0.353 e. The first-order valence-electron chi connectivity index (χ1n) is 7.31. The highest BCUT2D eigenvalue weighted by molar-refractivity contribution is 8.00. The molecule has 1 saturated heterocycles.